The van der Waals surface area contributed by atoms with Gasteiger partial charge in [-0.25, -0.2) is 4.79 Å². The largest absolute Gasteiger partial charge is 0.494 e. The molecule has 7 nitrogen and oxygen atoms in total. The summed E-state index contributed by atoms with van der Waals surface area (Å²) in [4.78, 5) is 22.3. The minimum absolute atomic E-state index is 0.0287. The van der Waals surface area contributed by atoms with Crippen molar-refractivity contribution in [1.29, 1.82) is 0 Å². The highest BCUT2D eigenvalue weighted by atomic mass is 16.6. The Morgan fingerprint density at radius 2 is 1.93 bits per heavy atom. The summed E-state index contributed by atoms with van der Waals surface area (Å²) in [6.45, 7) is 0. The lowest BCUT2D eigenvalue weighted by Crippen LogP contribution is -2.35. The number of nitro groups is 1. The molecule has 0 unspecified atom stereocenters. The number of hydrogen-bond donors (Lipinski definition) is 2. The Hall–Kier alpha value is -3.09. The smallest absolute Gasteiger partial charge is 0.335 e. The van der Waals surface area contributed by atoms with E-state index in [1.165, 1.54) is 19.6 Å². The first-order chi connectivity index (χ1) is 14.0. The van der Waals surface area contributed by atoms with Gasteiger partial charge in [0.25, 0.3) is 5.69 Å². The third-order valence-electron chi connectivity index (χ3n) is 7.09. The zero-order valence-electron chi connectivity index (χ0n) is 16.0. The summed E-state index contributed by atoms with van der Waals surface area (Å²) >= 11 is 0. The fraction of sp³-hybridized carbons (Fsp3) is 0.409. The van der Waals surface area contributed by atoms with Crippen LogP contribution in [0.25, 0.3) is 0 Å². The molecule has 0 amide bonds. The number of carbonyl (C=O) groups is 1. The number of aromatic carboxylic acids is 1. The number of benzene rings is 2. The normalized spacial score (nSPS) is 28.9. The molecule has 1 heterocycles. The second kappa shape index (κ2) is 6.47. The molecular formula is C22H22N2O5. The zero-order chi connectivity index (χ0) is 20.3. The van der Waals surface area contributed by atoms with E-state index in [0.29, 0.717) is 23.5 Å². The monoisotopic (exact) mass is 394 g/mol. The van der Waals surface area contributed by atoms with Crippen molar-refractivity contribution in [3.05, 3.63) is 63.2 Å². The van der Waals surface area contributed by atoms with Crippen LogP contribution >= 0.6 is 0 Å². The van der Waals surface area contributed by atoms with Crippen molar-refractivity contribution < 1.29 is 19.6 Å². The third-order valence-corrected chi connectivity index (χ3v) is 7.09. The van der Waals surface area contributed by atoms with Gasteiger partial charge >= 0.3 is 5.97 Å². The van der Waals surface area contributed by atoms with Crippen molar-refractivity contribution in [1.82, 2.24) is 0 Å². The number of ether oxygens (including phenoxy) is 1. The van der Waals surface area contributed by atoms with Crippen molar-refractivity contribution in [2.24, 2.45) is 17.8 Å². The van der Waals surface area contributed by atoms with E-state index in [4.69, 9.17) is 4.74 Å². The molecule has 2 aromatic carbocycles. The first kappa shape index (κ1) is 18.0. The number of nitro benzene ring substituents is 1. The summed E-state index contributed by atoms with van der Waals surface area (Å²) in [5.41, 5.74) is 3.20. The van der Waals surface area contributed by atoms with Crippen LogP contribution in [-0.2, 0) is 0 Å². The second-order valence-corrected chi connectivity index (χ2v) is 8.35. The van der Waals surface area contributed by atoms with Crippen LogP contribution in [0.15, 0.2) is 36.4 Å². The number of non-ortho nitro benzene ring substituents is 1. The summed E-state index contributed by atoms with van der Waals surface area (Å²) in [6, 6.07) is 10.3. The van der Waals surface area contributed by atoms with E-state index in [1.807, 2.05) is 12.1 Å². The molecule has 0 aromatic heterocycles. The van der Waals surface area contributed by atoms with Crippen LogP contribution in [-0.4, -0.2) is 23.1 Å². The average molecular weight is 394 g/mol. The lowest BCUT2D eigenvalue weighted by Gasteiger charge is -2.43. The summed E-state index contributed by atoms with van der Waals surface area (Å²) in [6.07, 6.45) is 3.48. The van der Waals surface area contributed by atoms with Gasteiger partial charge in [0.15, 0.2) is 0 Å². The molecule has 2 saturated carbocycles. The lowest BCUT2D eigenvalue weighted by molar-refractivity contribution is -0.385. The third kappa shape index (κ3) is 2.68. The van der Waals surface area contributed by atoms with Gasteiger partial charge in [-0.1, -0.05) is 12.1 Å². The van der Waals surface area contributed by atoms with Gasteiger partial charge in [0.05, 0.1) is 35.4 Å². The SMILES string of the molecule is COc1cc([N+](=O)[O-])cc2c1N[C@H](c1ccc(C(=O)O)cc1)[C@@H]1[C@H]3CC[C@@H](C3)[C@H]21. The van der Waals surface area contributed by atoms with Crippen LogP contribution in [0.5, 0.6) is 5.75 Å². The number of carboxylic acids is 1. The Kier molecular flexibility index (Phi) is 4.01. The van der Waals surface area contributed by atoms with Gasteiger partial charge in [-0.3, -0.25) is 10.1 Å². The van der Waals surface area contributed by atoms with Crippen molar-refractivity contribution >= 4 is 17.3 Å². The molecule has 150 valence electrons. The number of methoxy groups -OCH3 is 1. The first-order valence-corrected chi connectivity index (χ1v) is 9.94. The minimum Gasteiger partial charge on any atom is -0.494 e. The van der Waals surface area contributed by atoms with E-state index in [1.54, 1.807) is 18.2 Å². The van der Waals surface area contributed by atoms with Crippen molar-refractivity contribution in [2.75, 3.05) is 12.4 Å². The molecule has 2 fully saturated rings. The van der Waals surface area contributed by atoms with Gasteiger partial charge in [0.2, 0.25) is 0 Å². The Bertz CT molecular complexity index is 1000. The van der Waals surface area contributed by atoms with E-state index in [9.17, 15) is 20.0 Å². The molecule has 3 aliphatic rings. The van der Waals surface area contributed by atoms with Gasteiger partial charge in [-0.05, 0) is 66.2 Å². The number of anilines is 1. The van der Waals surface area contributed by atoms with Crippen LogP contribution in [0.1, 0.15) is 52.7 Å². The predicted octanol–water partition coefficient (Wildman–Crippen LogP) is 4.60. The summed E-state index contributed by atoms with van der Waals surface area (Å²) < 4.78 is 5.52. The van der Waals surface area contributed by atoms with Gasteiger partial charge in [0, 0.05) is 6.07 Å². The number of carboxylic acid groups (broad SMARTS) is 1. The maximum Gasteiger partial charge on any atom is 0.335 e. The Morgan fingerprint density at radius 1 is 1.21 bits per heavy atom. The van der Waals surface area contributed by atoms with Crippen LogP contribution in [0.4, 0.5) is 11.4 Å². The summed E-state index contributed by atoms with van der Waals surface area (Å²) in [5.74, 6) is 1.23. The fourth-order valence-corrected chi connectivity index (χ4v) is 5.97. The molecule has 5 rings (SSSR count). The summed E-state index contributed by atoms with van der Waals surface area (Å²) in [7, 11) is 1.53. The van der Waals surface area contributed by atoms with Crippen LogP contribution in [0, 0.1) is 27.9 Å². The van der Waals surface area contributed by atoms with Crippen molar-refractivity contribution in [3.63, 3.8) is 0 Å². The lowest BCUT2D eigenvalue weighted by atomic mass is 9.68. The van der Waals surface area contributed by atoms with E-state index in [2.05, 4.69) is 5.32 Å². The van der Waals surface area contributed by atoms with Crippen LogP contribution in [0.3, 0.4) is 0 Å². The molecule has 2 bridgehead atoms. The highest BCUT2D eigenvalue weighted by molar-refractivity contribution is 5.87. The van der Waals surface area contributed by atoms with Crippen LogP contribution in [0.2, 0.25) is 0 Å². The fourth-order valence-electron chi connectivity index (χ4n) is 5.97. The van der Waals surface area contributed by atoms with E-state index in [-0.39, 0.29) is 28.1 Å². The van der Waals surface area contributed by atoms with Gasteiger partial charge in [0.1, 0.15) is 5.75 Å². The number of hydrogen-bond acceptors (Lipinski definition) is 5. The second-order valence-electron chi connectivity index (χ2n) is 8.35. The number of fused-ring (bicyclic) bond motifs is 7. The van der Waals surface area contributed by atoms with E-state index >= 15 is 0 Å². The van der Waals surface area contributed by atoms with Gasteiger partial charge < -0.3 is 15.2 Å². The number of nitrogens with zero attached hydrogens (tertiary/aromatic N) is 1. The Balaban J connectivity index is 1.63. The number of nitrogens with one attached hydrogen (secondary N) is 1. The van der Waals surface area contributed by atoms with Gasteiger partial charge in [-0.15, -0.1) is 0 Å². The molecule has 5 atom stereocenters. The van der Waals surface area contributed by atoms with Crippen LogP contribution < -0.4 is 10.1 Å². The van der Waals surface area contributed by atoms with E-state index in [0.717, 1.165) is 29.7 Å². The Labute approximate surface area is 167 Å². The molecule has 2 aromatic rings. The van der Waals surface area contributed by atoms with Crippen molar-refractivity contribution in [3.8, 4) is 5.75 Å². The Morgan fingerprint density at radius 3 is 2.59 bits per heavy atom. The molecule has 7 heteroatoms. The standard InChI is InChI=1S/C22H22N2O5/c1-29-17-10-15(24(27)28)9-16-18-13-6-7-14(8-13)19(18)20(23-21(16)17)11-2-4-12(5-3-11)22(25)26/h2-5,9-10,13-14,18-20,23H,6-8H2,1H3,(H,25,26)/t13-,14-,18+,19+,20+/m0/s1. The highest BCUT2D eigenvalue weighted by Crippen LogP contribution is 2.65. The van der Waals surface area contributed by atoms with Gasteiger partial charge in [-0.2, -0.15) is 0 Å². The summed E-state index contributed by atoms with van der Waals surface area (Å²) in [5, 5.41) is 24.3. The molecule has 29 heavy (non-hydrogen) atoms. The maximum absolute atomic E-state index is 11.5. The molecule has 1 aliphatic heterocycles. The highest BCUT2D eigenvalue weighted by Gasteiger charge is 2.54. The van der Waals surface area contributed by atoms with E-state index < -0.39 is 5.97 Å². The molecule has 0 radical (unpaired) electrons. The molecule has 2 N–H and O–H groups in total. The maximum atomic E-state index is 11.5. The van der Waals surface area contributed by atoms with Crippen molar-refractivity contribution in [2.45, 2.75) is 31.2 Å². The molecule has 0 saturated heterocycles. The first-order valence-electron chi connectivity index (χ1n) is 9.94. The predicted molar refractivity (Wildman–Crippen MR) is 106 cm³/mol. The topological polar surface area (TPSA) is 102 Å². The molecule has 0 spiro atoms. The molecule has 2 aliphatic carbocycles. The quantitative estimate of drug-likeness (QED) is 0.580. The molecular weight excluding hydrogens is 372 g/mol. The average Bonchev–Trinajstić information content (AvgIpc) is 3.35. The number of rotatable bonds is 4. The zero-order valence-corrected chi connectivity index (χ0v) is 16.0. The minimum atomic E-state index is -0.940.